The van der Waals surface area contributed by atoms with Gasteiger partial charge in [0.25, 0.3) is 0 Å². The lowest BCUT2D eigenvalue weighted by Crippen LogP contribution is -2.61. The van der Waals surface area contributed by atoms with Gasteiger partial charge in [-0.15, -0.1) is 0 Å². The molecule has 0 aromatic carbocycles. The maximum Gasteiger partial charge on any atom is 0.243 e. The molecule has 0 aromatic heterocycles. The van der Waals surface area contributed by atoms with Crippen molar-refractivity contribution in [3.05, 3.63) is 23.3 Å². The van der Waals surface area contributed by atoms with E-state index in [1.807, 2.05) is 0 Å². The van der Waals surface area contributed by atoms with E-state index >= 15 is 0 Å². The number of aliphatic hydroxyl groups is 5. The first kappa shape index (κ1) is 36.3. The van der Waals surface area contributed by atoms with Gasteiger partial charge in [0.1, 0.15) is 36.5 Å². The Labute approximate surface area is 250 Å². The highest BCUT2D eigenvalue weighted by molar-refractivity contribution is 5.96. The molecule has 4 amide bonds. The van der Waals surface area contributed by atoms with Crippen molar-refractivity contribution in [1.29, 1.82) is 0 Å². The lowest BCUT2D eigenvalue weighted by molar-refractivity contribution is -0.300. The topological polar surface area (TPSA) is 236 Å². The fourth-order valence-electron chi connectivity index (χ4n) is 4.53. The summed E-state index contributed by atoms with van der Waals surface area (Å²) in [5.74, 6) is -1.24. The van der Waals surface area contributed by atoms with Gasteiger partial charge in [0, 0.05) is 31.8 Å². The molecule has 15 heteroatoms. The maximum absolute atomic E-state index is 12.5. The van der Waals surface area contributed by atoms with Crippen LogP contribution in [0.3, 0.4) is 0 Å². The summed E-state index contributed by atoms with van der Waals surface area (Å²) in [4.78, 5) is 48.9. The van der Waals surface area contributed by atoms with Gasteiger partial charge in [-0.2, -0.15) is 0 Å². The average Bonchev–Trinajstić information content (AvgIpc) is 2.95. The van der Waals surface area contributed by atoms with E-state index in [1.165, 1.54) is 12.2 Å². The molecule has 0 radical (unpaired) electrons. The lowest BCUT2D eigenvalue weighted by Gasteiger charge is -2.39. The average molecular weight is 615 g/mol. The second kappa shape index (κ2) is 18.7. The smallest absolute Gasteiger partial charge is 0.243 e. The van der Waals surface area contributed by atoms with Gasteiger partial charge in [0.05, 0.1) is 13.2 Å². The number of aliphatic hydroxyl groups excluding tert-OH is 5. The van der Waals surface area contributed by atoms with Crippen LogP contribution in [0.25, 0.3) is 0 Å². The molecule has 43 heavy (non-hydrogen) atoms. The van der Waals surface area contributed by atoms with Crippen LogP contribution in [-0.2, 0) is 28.7 Å². The fraction of sp³-hybridized carbons (Fsp3) is 0.714. The van der Waals surface area contributed by atoms with Crippen molar-refractivity contribution in [1.82, 2.24) is 21.3 Å². The highest BCUT2D eigenvalue weighted by Gasteiger charge is 2.44. The van der Waals surface area contributed by atoms with Crippen LogP contribution in [0.15, 0.2) is 23.3 Å². The zero-order valence-electron chi connectivity index (χ0n) is 24.7. The molecule has 2 fully saturated rings. The summed E-state index contributed by atoms with van der Waals surface area (Å²) < 4.78 is 10.7. The molecule has 0 bridgehead atoms. The summed E-state index contributed by atoms with van der Waals surface area (Å²) in [6, 6.07) is -1.40. The molecule has 2 aliphatic rings. The van der Waals surface area contributed by atoms with Gasteiger partial charge in [-0.25, -0.2) is 0 Å². The molecule has 2 aliphatic heterocycles. The Bertz CT molecular complexity index is 1000. The number of hydrogen-bond donors (Lipinski definition) is 9. The minimum Gasteiger partial charge on any atom is -0.396 e. The molecular formula is C28H46N4O11. The van der Waals surface area contributed by atoms with Crippen molar-refractivity contribution >= 4 is 23.6 Å². The lowest BCUT2D eigenvalue weighted by atomic mass is 9.99. The largest absolute Gasteiger partial charge is 0.396 e. The SMILES string of the molecule is C/C(=C\C(=O)NCCC[C@H]1NC(=O)[C@H](CCCNC(=O)/C=C(\C)CCO[C@H]2O[C@@H](CO)[C@H](O)[C@@H](O)[C@@H]2O)NC1=O)CCO. The molecule has 9 N–H and O–H groups in total. The summed E-state index contributed by atoms with van der Waals surface area (Å²) in [6.45, 7) is 3.53. The van der Waals surface area contributed by atoms with E-state index < -0.39 is 49.4 Å². The Morgan fingerprint density at radius 2 is 1.35 bits per heavy atom. The van der Waals surface area contributed by atoms with Crippen LogP contribution in [-0.4, -0.2) is 125 Å². The van der Waals surface area contributed by atoms with E-state index in [0.717, 1.165) is 5.57 Å². The van der Waals surface area contributed by atoms with Crippen LogP contribution in [0.5, 0.6) is 0 Å². The van der Waals surface area contributed by atoms with Crippen molar-refractivity contribution in [2.45, 2.75) is 95.2 Å². The minimum absolute atomic E-state index is 0.0312. The number of carbonyl (C=O) groups is 4. The van der Waals surface area contributed by atoms with Gasteiger partial charge < -0.3 is 56.3 Å². The maximum atomic E-state index is 12.5. The quantitative estimate of drug-likeness (QED) is 0.0601. The van der Waals surface area contributed by atoms with E-state index in [4.69, 9.17) is 14.6 Å². The zero-order valence-corrected chi connectivity index (χ0v) is 24.7. The number of carbonyl (C=O) groups excluding carboxylic acids is 4. The van der Waals surface area contributed by atoms with E-state index in [0.29, 0.717) is 50.6 Å². The first-order valence-corrected chi connectivity index (χ1v) is 14.5. The van der Waals surface area contributed by atoms with E-state index in [1.54, 1.807) is 13.8 Å². The van der Waals surface area contributed by atoms with Gasteiger partial charge in [-0.05, 0) is 52.4 Å². The standard InChI is InChI=1S/C28H46N4O11/c1-16(7-11-33)13-21(35)29-9-3-5-18-26(40)32-19(27(41)31-18)6-4-10-30-22(36)14-17(2)8-12-42-28-25(39)24(38)23(37)20(15-34)43-28/h13-14,18-20,23-25,28,33-34,37-39H,3-12,15H2,1-2H3,(H,29,35)(H,30,36)(H,31,41)(H,32,40)/b16-13+,17-14+/t18-,19+,20+,23+,24-,25+,28+/m1/s1. The second-order valence-corrected chi connectivity index (χ2v) is 10.8. The highest BCUT2D eigenvalue weighted by Crippen LogP contribution is 2.22. The molecule has 244 valence electrons. The molecule has 0 spiro atoms. The van der Waals surface area contributed by atoms with E-state index in [-0.39, 0.29) is 43.4 Å². The number of nitrogens with one attached hydrogen (secondary N) is 4. The Kier molecular flexibility index (Phi) is 15.8. The monoisotopic (exact) mass is 614 g/mol. The Balaban J connectivity index is 1.62. The van der Waals surface area contributed by atoms with Crippen LogP contribution in [0.4, 0.5) is 0 Å². The first-order chi connectivity index (χ1) is 20.5. The zero-order chi connectivity index (χ0) is 31.9. The molecular weight excluding hydrogens is 568 g/mol. The van der Waals surface area contributed by atoms with Crippen molar-refractivity contribution in [3.63, 3.8) is 0 Å². The predicted molar refractivity (Wildman–Crippen MR) is 152 cm³/mol. The Hall–Kier alpha value is -2.92. The van der Waals surface area contributed by atoms with Gasteiger partial charge in [-0.1, -0.05) is 11.1 Å². The third-order valence-corrected chi connectivity index (χ3v) is 7.09. The van der Waals surface area contributed by atoms with E-state index in [9.17, 15) is 39.6 Å². The molecule has 0 unspecified atom stereocenters. The molecule has 7 atom stereocenters. The molecule has 0 aromatic rings. The number of rotatable bonds is 17. The van der Waals surface area contributed by atoms with Crippen molar-refractivity contribution in [2.75, 3.05) is 32.9 Å². The predicted octanol–water partition coefficient (Wildman–Crippen LogP) is -2.76. The second-order valence-electron chi connectivity index (χ2n) is 10.8. The van der Waals surface area contributed by atoms with Crippen molar-refractivity contribution in [3.8, 4) is 0 Å². The summed E-state index contributed by atoms with van der Waals surface area (Å²) in [5, 5.41) is 58.6. The summed E-state index contributed by atoms with van der Waals surface area (Å²) in [5.41, 5.74) is 1.43. The first-order valence-electron chi connectivity index (χ1n) is 14.5. The number of hydrogen-bond acceptors (Lipinski definition) is 11. The van der Waals surface area contributed by atoms with Gasteiger partial charge in [0.2, 0.25) is 23.6 Å². The molecule has 2 rings (SSSR count). The number of amides is 4. The molecule has 2 heterocycles. The molecule has 15 nitrogen and oxygen atoms in total. The molecule has 0 saturated carbocycles. The molecule has 0 aliphatic carbocycles. The van der Waals surface area contributed by atoms with Crippen LogP contribution < -0.4 is 21.3 Å². The van der Waals surface area contributed by atoms with Gasteiger partial charge >= 0.3 is 0 Å². The van der Waals surface area contributed by atoms with Crippen LogP contribution >= 0.6 is 0 Å². The van der Waals surface area contributed by atoms with Gasteiger partial charge in [-0.3, -0.25) is 19.2 Å². The normalized spacial score (nSPS) is 28.2. The third-order valence-electron chi connectivity index (χ3n) is 7.09. The van der Waals surface area contributed by atoms with Crippen LogP contribution in [0.1, 0.15) is 52.4 Å². The molecule has 2 saturated heterocycles. The van der Waals surface area contributed by atoms with Crippen molar-refractivity contribution in [2.24, 2.45) is 0 Å². The summed E-state index contributed by atoms with van der Waals surface area (Å²) in [6.07, 6.45) is -1.67. The van der Waals surface area contributed by atoms with Gasteiger partial charge in [0.15, 0.2) is 6.29 Å². The van der Waals surface area contributed by atoms with Crippen molar-refractivity contribution < 1.29 is 54.2 Å². The number of ether oxygens (including phenoxy) is 2. The fourth-order valence-corrected chi connectivity index (χ4v) is 4.53. The summed E-state index contributed by atoms with van der Waals surface area (Å²) in [7, 11) is 0. The number of piperazine rings is 1. The Morgan fingerprint density at radius 1 is 0.837 bits per heavy atom. The minimum atomic E-state index is -1.53. The summed E-state index contributed by atoms with van der Waals surface area (Å²) >= 11 is 0. The van der Waals surface area contributed by atoms with E-state index in [2.05, 4.69) is 21.3 Å². The highest BCUT2D eigenvalue weighted by atomic mass is 16.7. The third kappa shape index (κ3) is 12.3. The van der Waals surface area contributed by atoms with Crippen LogP contribution in [0, 0.1) is 0 Å². The van der Waals surface area contributed by atoms with Crippen LogP contribution in [0.2, 0.25) is 0 Å². The Morgan fingerprint density at radius 3 is 1.84 bits per heavy atom.